The van der Waals surface area contributed by atoms with Crippen LogP contribution in [0.3, 0.4) is 0 Å². The second-order valence-electron chi connectivity index (χ2n) is 5.45. The van der Waals surface area contributed by atoms with Gasteiger partial charge in [-0.3, -0.25) is 4.79 Å². The molecular formula is C14H15ClN4O3S2. The highest BCUT2D eigenvalue weighted by Gasteiger charge is 2.24. The Hall–Kier alpha value is -1.68. The molecule has 0 aliphatic carbocycles. The molecule has 128 valence electrons. The number of hydrogen-bond donors (Lipinski definition) is 2. The van der Waals surface area contributed by atoms with Crippen molar-refractivity contribution >= 4 is 49.7 Å². The Labute approximate surface area is 148 Å². The van der Waals surface area contributed by atoms with Crippen LogP contribution in [0, 0.1) is 0 Å². The zero-order valence-corrected chi connectivity index (χ0v) is 15.1. The first-order valence-corrected chi connectivity index (χ1v) is 9.86. The second kappa shape index (κ2) is 6.32. The summed E-state index contributed by atoms with van der Waals surface area (Å²) in [7, 11) is -3.84. The molecule has 3 N–H and O–H groups in total. The van der Waals surface area contributed by atoms with Crippen LogP contribution in [0.15, 0.2) is 22.4 Å². The molecule has 0 saturated carbocycles. The number of rotatable bonds is 4. The van der Waals surface area contributed by atoms with Gasteiger partial charge >= 0.3 is 0 Å². The van der Waals surface area contributed by atoms with Crippen molar-refractivity contribution in [3.63, 3.8) is 0 Å². The predicted octanol–water partition coefficient (Wildman–Crippen LogP) is 1.96. The molecule has 0 bridgehead atoms. The zero-order chi connectivity index (χ0) is 17.5. The lowest BCUT2D eigenvalue weighted by Gasteiger charge is -2.18. The van der Waals surface area contributed by atoms with Crippen molar-refractivity contribution in [2.45, 2.75) is 24.8 Å². The third kappa shape index (κ3) is 3.54. The molecule has 1 aromatic heterocycles. The number of halogens is 1. The quantitative estimate of drug-likeness (QED) is 0.835. The van der Waals surface area contributed by atoms with Crippen molar-refractivity contribution in [2.75, 3.05) is 16.8 Å². The Balaban J connectivity index is 1.83. The van der Waals surface area contributed by atoms with Crippen LogP contribution < -0.4 is 15.4 Å². The minimum atomic E-state index is -3.84. The molecule has 1 aromatic carbocycles. The van der Waals surface area contributed by atoms with E-state index >= 15 is 0 Å². The van der Waals surface area contributed by atoms with E-state index in [0.29, 0.717) is 18.1 Å². The van der Waals surface area contributed by atoms with E-state index in [2.05, 4.69) is 15.2 Å². The van der Waals surface area contributed by atoms with Gasteiger partial charge < -0.3 is 10.2 Å². The number of hydrogen-bond acceptors (Lipinski definition) is 6. The molecule has 0 radical (unpaired) electrons. The highest BCUT2D eigenvalue weighted by atomic mass is 35.5. The summed E-state index contributed by atoms with van der Waals surface area (Å²) in [6.07, 6.45) is 0.706. The maximum atomic E-state index is 11.6. The third-order valence-electron chi connectivity index (χ3n) is 3.62. The monoisotopic (exact) mass is 386 g/mol. The van der Waals surface area contributed by atoms with Crippen molar-refractivity contribution < 1.29 is 13.2 Å². The smallest absolute Gasteiger partial charge is 0.239 e. The van der Waals surface area contributed by atoms with Crippen molar-refractivity contribution in [1.82, 2.24) is 4.98 Å². The Bertz CT molecular complexity index is 911. The van der Waals surface area contributed by atoms with Crippen LogP contribution in [0.5, 0.6) is 0 Å². The summed E-state index contributed by atoms with van der Waals surface area (Å²) in [6, 6.07) is 3.17. The maximum absolute atomic E-state index is 11.6. The number of thiazole rings is 1. The number of nitrogens with zero attached hydrogens (tertiary/aromatic N) is 2. The summed E-state index contributed by atoms with van der Waals surface area (Å²) in [5, 5.41) is 10.4. The molecule has 3 rings (SSSR count). The van der Waals surface area contributed by atoms with Gasteiger partial charge in [-0.2, -0.15) is 0 Å². The molecule has 1 amide bonds. The lowest BCUT2D eigenvalue weighted by molar-refractivity contribution is -0.114. The second-order valence-corrected chi connectivity index (χ2v) is 8.25. The van der Waals surface area contributed by atoms with Gasteiger partial charge in [0.25, 0.3) is 0 Å². The van der Waals surface area contributed by atoms with Crippen molar-refractivity contribution in [2.24, 2.45) is 5.14 Å². The van der Waals surface area contributed by atoms with Gasteiger partial charge in [0.05, 0.1) is 17.3 Å². The van der Waals surface area contributed by atoms with Crippen LogP contribution in [0.4, 0.5) is 10.8 Å². The molecule has 0 atom stereocenters. The van der Waals surface area contributed by atoms with Gasteiger partial charge in [-0.15, -0.1) is 11.3 Å². The van der Waals surface area contributed by atoms with Crippen LogP contribution >= 0.6 is 22.9 Å². The van der Waals surface area contributed by atoms with E-state index in [1.54, 1.807) is 6.07 Å². The molecular weight excluding hydrogens is 372 g/mol. The van der Waals surface area contributed by atoms with Gasteiger partial charge in [0, 0.05) is 24.5 Å². The average Bonchev–Trinajstić information content (AvgIpc) is 3.04. The summed E-state index contributed by atoms with van der Waals surface area (Å²) >= 11 is 7.44. The first kappa shape index (κ1) is 17.2. The lowest BCUT2D eigenvalue weighted by Crippen LogP contribution is -2.20. The summed E-state index contributed by atoms with van der Waals surface area (Å²) in [6.45, 7) is 2.71. The van der Waals surface area contributed by atoms with E-state index in [-0.39, 0.29) is 15.8 Å². The number of anilines is 2. The van der Waals surface area contributed by atoms with Gasteiger partial charge in [0.15, 0.2) is 5.13 Å². The average molecular weight is 387 g/mol. The topological polar surface area (TPSA) is 105 Å². The molecule has 7 nitrogen and oxygen atoms in total. The fourth-order valence-corrected chi connectivity index (χ4v) is 4.49. The molecule has 1 aliphatic rings. The minimum absolute atomic E-state index is 0.0497. The first-order valence-electron chi connectivity index (χ1n) is 7.06. The van der Waals surface area contributed by atoms with E-state index in [1.807, 2.05) is 5.38 Å². The Morgan fingerprint density at radius 3 is 2.92 bits per heavy atom. The normalized spacial score (nSPS) is 13.9. The standard InChI is InChI=1S/C14H15ClN4O3S2/c1-8(20)17-14-18-10(7-23-14)6-19-3-2-9-4-13(24(16,21)22)11(15)5-12(9)19/h4-5,7H,2-3,6H2,1H3,(H2,16,21,22)(H,17,18,20). The summed E-state index contributed by atoms with van der Waals surface area (Å²) in [5.41, 5.74) is 2.59. The fourth-order valence-electron chi connectivity index (χ4n) is 2.62. The van der Waals surface area contributed by atoms with Crippen LogP contribution in [0.25, 0.3) is 0 Å². The van der Waals surface area contributed by atoms with Gasteiger partial charge in [0.2, 0.25) is 15.9 Å². The van der Waals surface area contributed by atoms with Crippen LogP contribution in [-0.4, -0.2) is 25.9 Å². The number of benzene rings is 1. The first-order chi connectivity index (χ1) is 11.2. The van der Waals surface area contributed by atoms with E-state index < -0.39 is 10.0 Å². The van der Waals surface area contributed by atoms with E-state index in [9.17, 15) is 13.2 Å². The lowest BCUT2D eigenvalue weighted by atomic mass is 10.2. The molecule has 0 spiro atoms. The summed E-state index contributed by atoms with van der Waals surface area (Å²) < 4.78 is 23.1. The van der Waals surface area contributed by atoms with E-state index in [1.165, 1.54) is 24.3 Å². The van der Waals surface area contributed by atoms with E-state index in [4.69, 9.17) is 16.7 Å². The fraction of sp³-hybridized carbons (Fsp3) is 0.286. The number of sulfonamides is 1. The number of carbonyl (C=O) groups is 1. The largest absolute Gasteiger partial charge is 0.365 e. The molecule has 1 aliphatic heterocycles. The molecule has 2 aromatic rings. The number of nitrogens with two attached hydrogens (primary N) is 1. The summed E-state index contributed by atoms with van der Waals surface area (Å²) in [4.78, 5) is 17.4. The van der Waals surface area contributed by atoms with Gasteiger partial charge in [-0.05, 0) is 24.1 Å². The summed E-state index contributed by atoms with van der Waals surface area (Å²) in [5.74, 6) is -0.162. The molecule has 0 saturated heterocycles. The van der Waals surface area contributed by atoms with E-state index in [0.717, 1.165) is 23.5 Å². The number of fused-ring (bicyclic) bond motifs is 1. The van der Waals surface area contributed by atoms with Crippen molar-refractivity contribution in [1.29, 1.82) is 0 Å². The number of primary sulfonamides is 1. The predicted molar refractivity (Wildman–Crippen MR) is 94.0 cm³/mol. The molecule has 2 heterocycles. The zero-order valence-electron chi connectivity index (χ0n) is 12.7. The molecule has 0 unspecified atom stereocenters. The Morgan fingerprint density at radius 1 is 1.50 bits per heavy atom. The number of amides is 1. The number of carbonyl (C=O) groups excluding carboxylic acids is 1. The Morgan fingerprint density at radius 2 is 2.25 bits per heavy atom. The number of aromatic nitrogens is 1. The molecule has 24 heavy (non-hydrogen) atoms. The van der Waals surface area contributed by atoms with Crippen molar-refractivity contribution in [3.8, 4) is 0 Å². The van der Waals surface area contributed by atoms with Gasteiger partial charge in [0.1, 0.15) is 4.90 Å². The number of nitrogens with one attached hydrogen (secondary N) is 1. The Kier molecular flexibility index (Phi) is 4.52. The highest BCUT2D eigenvalue weighted by molar-refractivity contribution is 7.89. The maximum Gasteiger partial charge on any atom is 0.239 e. The van der Waals surface area contributed by atoms with Crippen LogP contribution in [-0.2, 0) is 27.8 Å². The highest BCUT2D eigenvalue weighted by Crippen LogP contribution is 2.35. The van der Waals surface area contributed by atoms with Gasteiger partial charge in [-0.1, -0.05) is 11.6 Å². The SMILES string of the molecule is CC(=O)Nc1nc(CN2CCc3cc(S(N)(=O)=O)c(Cl)cc32)cs1. The van der Waals surface area contributed by atoms with Crippen LogP contribution in [0.2, 0.25) is 5.02 Å². The van der Waals surface area contributed by atoms with Crippen molar-refractivity contribution in [3.05, 3.63) is 33.8 Å². The minimum Gasteiger partial charge on any atom is -0.365 e. The molecule has 0 fully saturated rings. The van der Waals surface area contributed by atoms with Crippen LogP contribution in [0.1, 0.15) is 18.2 Å². The molecule has 10 heteroatoms. The third-order valence-corrected chi connectivity index (χ3v) is 5.80. The van der Waals surface area contributed by atoms with Gasteiger partial charge in [-0.25, -0.2) is 18.5 Å².